The first kappa shape index (κ1) is 20.7. The highest BCUT2D eigenvalue weighted by Gasteiger charge is 2.35. The van der Waals surface area contributed by atoms with E-state index in [1.165, 1.54) is 5.56 Å². The van der Waals surface area contributed by atoms with E-state index in [-0.39, 0.29) is 17.7 Å². The van der Waals surface area contributed by atoms with Crippen LogP contribution in [0, 0.1) is 0 Å². The molecule has 1 saturated carbocycles. The van der Waals surface area contributed by atoms with Gasteiger partial charge in [0.1, 0.15) is 0 Å². The Kier molecular flexibility index (Phi) is 6.30. The highest BCUT2D eigenvalue weighted by Crippen LogP contribution is 2.41. The van der Waals surface area contributed by atoms with E-state index in [2.05, 4.69) is 10.0 Å². The summed E-state index contributed by atoms with van der Waals surface area (Å²) in [6.45, 7) is 0.565. The number of carbonyl (C=O) groups is 1. The number of carbonyl (C=O) groups excluding carboxylic acids is 1. The third-order valence-corrected chi connectivity index (χ3v) is 6.15. The van der Waals surface area contributed by atoms with E-state index in [1.54, 1.807) is 24.3 Å². The van der Waals surface area contributed by atoms with Crippen LogP contribution in [0.25, 0.3) is 0 Å². The molecule has 1 fully saturated rings. The Hall–Kier alpha value is -2.05. The van der Waals surface area contributed by atoms with Crippen LogP contribution in [0.4, 0.5) is 5.69 Å². The van der Waals surface area contributed by atoms with Crippen molar-refractivity contribution >= 4 is 33.2 Å². The number of para-hydroxylation sites is 1. The Bertz CT molecular complexity index is 936. The van der Waals surface area contributed by atoms with Gasteiger partial charge in [0, 0.05) is 17.0 Å². The lowest BCUT2D eigenvalue weighted by Gasteiger charge is -2.30. The third-order valence-electron chi connectivity index (χ3n) is 5.30. The van der Waals surface area contributed by atoms with E-state index >= 15 is 0 Å². The summed E-state index contributed by atoms with van der Waals surface area (Å²) in [4.78, 5) is 12.6. The van der Waals surface area contributed by atoms with E-state index in [1.807, 2.05) is 24.3 Å². The van der Waals surface area contributed by atoms with Crippen LogP contribution in [0.5, 0.6) is 0 Å². The second kappa shape index (κ2) is 8.53. The van der Waals surface area contributed by atoms with Crippen LogP contribution in [-0.4, -0.2) is 27.1 Å². The van der Waals surface area contributed by atoms with Crippen molar-refractivity contribution < 1.29 is 13.2 Å². The van der Waals surface area contributed by atoms with Gasteiger partial charge < -0.3 is 5.32 Å². The zero-order valence-corrected chi connectivity index (χ0v) is 17.4. The minimum Gasteiger partial charge on any atom is -0.355 e. The topological polar surface area (TPSA) is 75.3 Å². The van der Waals surface area contributed by atoms with Crippen LogP contribution in [0.3, 0.4) is 0 Å². The summed E-state index contributed by atoms with van der Waals surface area (Å²) >= 11 is 6.02. The van der Waals surface area contributed by atoms with Gasteiger partial charge in [0.15, 0.2) is 0 Å². The van der Waals surface area contributed by atoms with Gasteiger partial charge in [0.2, 0.25) is 15.9 Å². The maximum Gasteiger partial charge on any atom is 0.229 e. The number of hydrogen-bond acceptors (Lipinski definition) is 3. The highest BCUT2D eigenvalue weighted by atomic mass is 35.5. The lowest BCUT2D eigenvalue weighted by Crippen LogP contribution is -2.39. The lowest BCUT2D eigenvalue weighted by atomic mass is 9.79. The highest BCUT2D eigenvalue weighted by molar-refractivity contribution is 7.92. The molecular formula is C21H25ClN2O3S. The average molecular weight is 421 g/mol. The van der Waals surface area contributed by atoms with E-state index in [9.17, 15) is 13.2 Å². The van der Waals surface area contributed by atoms with Gasteiger partial charge in [-0.15, -0.1) is 0 Å². The molecule has 0 spiro atoms. The molecule has 2 N–H and O–H groups in total. The summed E-state index contributed by atoms with van der Waals surface area (Å²) in [5.74, 6) is -0.122. The van der Waals surface area contributed by atoms with Crippen molar-refractivity contribution in [3.63, 3.8) is 0 Å². The molecule has 0 unspecified atom stereocenters. The van der Waals surface area contributed by atoms with E-state index in [4.69, 9.17) is 11.6 Å². The second-order valence-electron chi connectivity index (χ2n) is 7.48. The van der Waals surface area contributed by atoms with Crippen molar-refractivity contribution in [3.05, 3.63) is 64.7 Å². The Morgan fingerprint density at radius 2 is 1.71 bits per heavy atom. The van der Waals surface area contributed by atoms with Crippen molar-refractivity contribution in [3.8, 4) is 0 Å². The summed E-state index contributed by atoms with van der Waals surface area (Å²) in [5, 5.41) is 3.77. The van der Waals surface area contributed by atoms with Crippen molar-refractivity contribution in [1.29, 1.82) is 0 Å². The SMILES string of the molecule is CS(=O)(=O)Nc1ccccc1CC(=O)NCC1(c2ccc(Cl)cc2)CCCC1. The predicted octanol–water partition coefficient (Wildman–Crippen LogP) is 3.88. The molecule has 3 rings (SSSR count). The Morgan fingerprint density at radius 1 is 1.07 bits per heavy atom. The molecule has 1 aliphatic rings. The molecule has 0 aromatic heterocycles. The fourth-order valence-corrected chi connectivity index (χ4v) is 4.62. The van der Waals surface area contributed by atoms with Crippen molar-refractivity contribution in [2.45, 2.75) is 37.5 Å². The molecule has 0 saturated heterocycles. The van der Waals surface area contributed by atoms with Gasteiger partial charge in [-0.2, -0.15) is 0 Å². The van der Waals surface area contributed by atoms with Gasteiger partial charge in [0.25, 0.3) is 0 Å². The summed E-state index contributed by atoms with van der Waals surface area (Å²) in [7, 11) is -3.40. The standard InChI is InChI=1S/C21H25ClN2O3S/c1-28(26,27)24-19-7-3-2-6-16(19)14-20(25)23-15-21(12-4-5-13-21)17-8-10-18(22)11-9-17/h2-3,6-11,24H,4-5,12-15H2,1H3,(H,23,25). The van der Waals surface area contributed by atoms with Crippen LogP contribution >= 0.6 is 11.6 Å². The van der Waals surface area contributed by atoms with Gasteiger partial charge in [-0.3, -0.25) is 9.52 Å². The largest absolute Gasteiger partial charge is 0.355 e. The smallest absolute Gasteiger partial charge is 0.229 e. The minimum atomic E-state index is -3.40. The Morgan fingerprint density at radius 3 is 2.36 bits per heavy atom. The van der Waals surface area contributed by atoms with Gasteiger partial charge in [0.05, 0.1) is 18.4 Å². The van der Waals surface area contributed by atoms with E-state index in [0.29, 0.717) is 22.8 Å². The number of halogens is 1. The molecule has 0 atom stereocenters. The Labute approximate surface area is 171 Å². The van der Waals surface area contributed by atoms with Crippen LogP contribution in [0.2, 0.25) is 5.02 Å². The molecular weight excluding hydrogens is 396 g/mol. The van der Waals surface area contributed by atoms with Crippen molar-refractivity contribution in [1.82, 2.24) is 5.32 Å². The molecule has 0 heterocycles. The monoisotopic (exact) mass is 420 g/mol. The number of nitrogens with one attached hydrogen (secondary N) is 2. The molecule has 5 nitrogen and oxygen atoms in total. The van der Waals surface area contributed by atoms with Gasteiger partial charge in [-0.1, -0.05) is 54.8 Å². The minimum absolute atomic E-state index is 0.0647. The number of anilines is 1. The first-order valence-electron chi connectivity index (χ1n) is 9.36. The molecule has 0 bridgehead atoms. The number of sulfonamides is 1. The molecule has 0 aliphatic heterocycles. The number of rotatable bonds is 7. The van der Waals surface area contributed by atoms with Gasteiger partial charge in [-0.05, 0) is 42.2 Å². The fraction of sp³-hybridized carbons (Fsp3) is 0.381. The summed E-state index contributed by atoms with van der Waals surface area (Å²) in [6.07, 6.45) is 5.55. The molecule has 1 aliphatic carbocycles. The van der Waals surface area contributed by atoms with Crippen LogP contribution in [-0.2, 0) is 26.7 Å². The quantitative estimate of drug-likeness (QED) is 0.713. The van der Waals surface area contributed by atoms with Crippen LogP contribution in [0.1, 0.15) is 36.8 Å². The Balaban J connectivity index is 1.69. The average Bonchev–Trinajstić information content (AvgIpc) is 3.11. The summed E-state index contributed by atoms with van der Waals surface area (Å²) < 4.78 is 25.6. The number of hydrogen-bond donors (Lipinski definition) is 2. The maximum atomic E-state index is 12.6. The van der Waals surface area contributed by atoms with Gasteiger partial charge in [-0.25, -0.2) is 8.42 Å². The number of benzene rings is 2. The molecule has 1 amide bonds. The maximum absolute atomic E-state index is 12.6. The van der Waals surface area contributed by atoms with Crippen molar-refractivity contribution in [2.24, 2.45) is 0 Å². The lowest BCUT2D eigenvalue weighted by molar-refractivity contribution is -0.120. The first-order valence-corrected chi connectivity index (χ1v) is 11.6. The molecule has 0 radical (unpaired) electrons. The molecule has 7 heteroatoms. The normalized spacial score (nSPS) is 15.9. The third kappa shape index (κ3) is 5.26. The molecule has 28 heavy (non-hydrogen) atoms. The fourth-order valence-electron chi connectivity index (χ4n) is 3.90. The summed E-state index contributed by atoms with van der Waals surface area (Å²) in [6, 6.07) is 14.8. The van der Waals surface area contributed by atoms with Crippen molar-refractivity contribution in [2.75, 3.05) is 17.5 Å². The zero-order chi connectivity index (χ0) is 20.2. The first-order chi connectivity index (χ1) is 13.3. The predicted molar refractivity (Wildman–Crippen MR) is 113 cm³/mol. The van der Waals surface area contributed by atoms with Crippen LogP contribution in [0.15, 0.2) is 48.5 Å². The summed E-state index contributed by atoms with van der Waals surface area (Å²) in [5.41, 5.74) is 2.23. The number of amides is 1. The molecule has 150 valence electrons. The second-order valence-corrected chi connectivity index (χ2v) is 9.66. The van der Waals surface area contributed by atoms with E-state index in [0.717, 1.165) is 31.9 Å². The zero-order valence-electron chi connectivity index (χ0n) is 15.9. The molecule has 2 aromatic carbocycles. The van der Waals surface area contributed by atoms with E-state index < -0.39 is 10.0 Å². The van der Waals surface area contributed by atoms with Crippen LogP contribution < -0.4 is 10.0 Å². The molecule has 2 aromatic rings. The van der Waals surface area contributed by atoms with Gasteiger partial charge >= 0.3 is 0 Å².